The van der Waals surface area contributed by atoms with Crippen LogP contribution in [0.15, 0.2) is 18.5 Å². The van der Waals surface area contributed by atoms with Crippen LogP contribution in [-0.2, 0) is 9.53 Å². The average molecular weight is 383 g/mol. The van der Waals surface area contributed by atoms with E-state index in [0.717, 1.165) is 25.7 Å². The molecule has 28 heavy (non-hydrogen) atoms. The Balaban J connectivity index is 1.79. The lowest BCUT2D eigenvalue weighted by atomic mass is 9.81. The second kappa shape index (κ2) is 9.20. The Kier molecular flexibility index (Phi) is 6.69. The van der Waals surface area contributed by atoms with Crippen LogP contribution in [-0.4, -0.2) is 53.5 Å². The molecule has 2 aliphatic rings. The number of hydrogen-bond donors (Lipinski definition) is 1. The molecule has 2 fully saturated rings. The Hall–Kier alpha value is -2.39. The van der Waals surface area contributed by atoms with Crippen LogP contribution in [0.1, 0.15) is 61.9 Å². The maximum absolute atomic E-state index is 12.7. The van der Waals surface area contributed by atoms with Gasteiger partial charge in [-0.15, -0.1) is 0 Å². The summed E-state index contributed by atoms with van der Waals surface area (Å²) in [7, 11) is 0. The van der Waals surface area contributed by atoms with Gasteiger partial charge in [-0.05, 0) is 18.9 Å². The highest BCUT2D eigenvalue weighted by atomic mass is 16.5. The van der Waals surface area contributed by atoms with Gasteiger partial charge in [-0.3, -0.25) is 14.6 Å². The van der Waals surface area contributed by atoms with Crippen LogP contribution < -0.4 is 5.32 Å². The lowest BCUT2D eigenvalue weighted by Gasteiger charge is -2.34. The molecule has 1 aliphatic heterocycles. The molecule has 0 atom stereocenters. The average Bonchev–Trinajstić information content (AvgIpc) is 2.73. The number of aromatic nitrogens is 1. The van der Waals surface area contributed by atoms with Crippen molar-refractivity contribution in [3.63, 3.8) is 0 Å². The summed E-state index contributed by atoms with van der Waals surface area (Å²) < 4.78 is 5.31. The molecule has 6 nitrogen and oxygen atoms in total. The summed E-state index contributed by atoms with van der Waals surface area (Å²) in [6, 6.07) is 1.79. The van der Waals surface area contributed by atoms with Crippen molar-refractivity contribution in [2.75, 3.05) is 26.3 Å². The molecular weight excluding hydrogens is 354 g/mol. The van der Waals surface area contributed by atoms with E-state index in [1.165, 1.54) is 6.42 Å². The second-order valence-electron chi connectivity index (χ2n) is 7.90. The summed E-state index contributed by atoms with van der Waals surface area (Å²) in [5.74, 6) is 6.41. The van der Waals surface area contributed by atoms with Gasteiger partial charge >= 0.3 is 0 Å². The van der Waals surface area contributed by atoms with Crippen molar-refractivity contribution in [3.05, 3.63) is 29.6 Å². The van der Waals surface area contributed by atoms with E-state index in [4.69, 9.17) is 4.74 Å². The number of nitrogens with zero attached hydrogens (tertiary/aromatic N) is 2. The van der Waals surface area contributed by atoms with E-state index in [1.54, 1.807) is 23.4 Å². The van der Waals surface area contributed by atoms with Gasteiger partial charge in [0.25, 0.3) is 5.91 Å². The predicted molar refractivity (Wildman–Crippen MR) is 107 cm³/mol. The molecule has 0 unspecified atom stereocenters. The minimum atomic E-state index is -0.482. The summed E-state index contributed by atoms with van der Waals surface area (Å²) in [5.41, 5.74) is 0.754. The number of pyridine rings is 1. The maximum Gasteiger partial charge on any atom is 0.255 e. The van der Waals surface area contributed by atoms with Crippen molar-refractivity contribution in [1.82, 2.24) is 15.2 Å². The third-order valence-electron chi connectivity index (χ3n) is 5.32. The number of ether oxygens (including phenoxy) is 1. The first-order valence-corrected chi connectivity index (χ1v) is 10.2. The van der Waals surface area contributed by atoms with E-state index in [9.17, 15) is 9.59 Å². The molecule has 0 aromatic carbocycles. The molecule has 1 aliphatic carbocycles. The molecule has 1 aromatic heterocycles. The van der Waals surface area contributed by atoms with Gasteiger partial charge in [0.15, 0.2) is 0 Å². The van der Waals surface area contributed by atoms with Gasteiger partial charge in [0.05, 0.1) is 18.8 Å². The molecule has 1 N–H and O–H groups in total. The Bertz CT molecular complexity index is 767. The van der Waals surface area contributed by atoms with Crippen molar-refractivity contribution in [2.24, 2.45) is 5.92 Å². The molecule has 1 saturated carbocycles. The molecule has 2 heterocycles. The summed E-state index contributed by atoms with van der Waals surface area (Å²) in [6.45, 7) is 6.11. The van der Waals surface area contributed by atoms with Crippen molar-refractivity contribution < 1.29 is 14.3 Å². The third-order valence-corrected chi connectivity index (χ3v) is 5.32. The van der Waals surface area contributed by atoms with E-state index in [2.05, 4.69) is 22.1 Å². The summed E-state index contributed by atoms with van der Waals surface area (Å²) in [6.07, 6.45) is 8.26. The lowest BCUT2D eigenvalue weighted by molar-refractivity contribution is -0.125. The maximum atomic E-state index is 12.7. The molecule has 6 heteroatoms. The molecule has 2 amide bonds. The van der Waals surface area contributed by atoms with Gasteiger partial charge in [-0.25, -0.2) is 0 Å². The first-order valence-electron chi connectivity index (χ1n) is 10.2. The molecule has 1 aromatic rings. The molecule has 0 bridgehead atoms. The zero-order chi connectivity index (χ0) is 20.0. The highest BCUT2D eigenvalue weighted by Gasteiger charge is 2.32. The number of carbonyl (C=O) groups excluding carboxylic acids is 2. The topological polar surface area (TPSA) is 71.5 Å². The van der Waals surface area contributed by atoms with E-state index < -0.39 is 5.54 Å². The smallest absolute Gasteiger partial charge is 0.255 e. The molecule has 150 valence electrons. The zero-order valence-electron chi connectivity index (χ0n) is 16.8. The van der Waals surface area contributed by atoms with Crippen LogP contribution >= 0.6 is 0 Å². The Labute approximate surface area is 167 Å². The second-order valence-corrected chi connectivity index (χ2v) is 7.90. The third kappa shape index (κ3) is 5.11. The normalized spacial score (nSPS) is 18.9. The first-order chi connectivity index (χ1) is 13.5. The minimum Gasteiger partial charge on any atom is -0.378 e. The summed E-state index contributed by atoms with van der Waals surface area (Å²) in [5, 5.41) is 3.17. The van der Waals surface area contributed by atoms with Crippen molar-refractivity contribution in [1.29, 1.82) is 0 Å². The van der Waals surface area contributed by atoms with Crippen LogP contribution in [0.4, 0.5) is 0 Å². The number of nitrogens with one attached hydrogen (secondary N) is 1. The SMILES string of the molecule is CC(C)C(=O)NC1(C#Cc2cncc(C(=O)N3CCOCC3)c2)CCCCC1. The van der Waals surface area contributed by atoms with Crippen LogP contribution in [0.5, 0.6) is 0 Å². The molecule has 0 spiro atoms. The molecular formula is C22H29N3O3. The van der Waals surface area contributed by atoms with Gasteiger partial charge < -0.3 is 15.0 Å². The number of amides is 2. The van der Waals surface area contributed by atoms with Crippen LogP contribution in [0.3, 0.4) is 0 Å². The van der Waals surface area contributed by atoms with Crippen molar-refractivity contribution in [2.45, 2.75) is 51.5 Å². The minimum absolute atomic E-state index is 0.0329. The van der Waals surface area contributed by atoms with Crippen LogP contribution in [0, 0.1) is 17.8 Å². The summed E-state index contributed by atoms with van der Waals surface area (Å²) >= 11 is 0. The quantitative estimate of drug-likeness (QED) is 0.814. The van der Waals surface area contributed by atoms with Crippen LogP contribution in [0.25, 0.3) is 0 Å². The fraction of sp³-hybridized carbons (Fsp3) is 0.591. The molecule has 0 radical (unpaired) electrons. The van der Waals surface area contributed by atoms with E-state index in [1.807, 2.05) is 13.8 Å². The van der Waals surface area contributed by atoms with Gasteiger partial charge in [0.1, 0.15) is 5.54 Å². The van der Waals surface area contributed by atoms with Gasteiger partial charge in [-0.2, -0.15) is 0 Å². The fourth-order valence-electron chi connectivity index (χ4n) is 3.58. The van der Waals surface area contributed by atoms with E-state index in [0.29, 0.717) is 37.4 Å². The van der Waals surface area contributed by atoms with Crippen molar-refractivity contribution in [3.8, 4) is 11.8 Å². The Morgan fingerprint density at radius 1 is 1.18 bits per heavy atom. The summed E-state index contributed by atoms with van der Waals surface area (Å²) in [4.78, 5) is 30.9. The Morgan fingerprint density at radius 2 is 1.89 bits per heavy atom. The van der Waals surface area contributed by atoms with Gasteiger partial charge in [0.2, 0.25) is 5.91 Å². The predicted octanol–water partition coefficient (Wildman–Crippen LogP) is 2.38. The highest BCUT2D eigenvalue weighted by molar-refractivity contribution is 5.94. The van der Waals surface area contributed by atoms with Crippen molar-refractivity contribution >= 4 is 11.8 Å². The molecule has 3 rings (SSSR count). The van der Waals surface area contributed by atoms with Gasteiger partial charge in [-0.1, -0.05) is 45.0 Å². The first kappa shape index (κ1) is 20.3. The number of rotatable bonds is 3. The number of carbonyl (C=O) groups is 2. The largest absolute Gasteiger partial charge is 0.378 e. The lowest BCUT2D eigenvalue weighted by Crippen LogP contribution is -2.50. The van der Waals surface area contributed by atoms with Crippen LogP contribution in [0.2, 0.25) is 0 Å². The number of hydrogen-bond acceptors (Lipinski definition) is 4. The monoisotopic (exact) mass is 383 g/mol. The molecule has 1 saturated heterocycles. The standard InChI is InChI=1S/C22H29N3O3/c1-17(2)20(26)24-22(7-4-3-5-8-22)9-6-18-14-19(16-23-15-18)21(27)25-10-12-28-13-11-25/h14-17H,3-5,7-8,10-13H2,1-2H3,(H,24,26). The van der Waals surface area contributed by atoms with E-state index >= 15 is 0 Å². The van der Waals surface area contributed by atoms with Gasteiger partial charge in [0, 0.05) is 37.0 Å². The number of morpholine rings is 1. The zero-order valence-corrected chi connectivity index (χ0v) is 16.8. The Morgan fingerprint density at radius 3 is 2.57 bits per heavy atom. The fourth-order valence-corrected chi connectivity index (χ4v) is 3.58. The highest BCUT2D eigenvalue weighted by Crippen LogP contribution is 2.28. The van der Waals surface area contributed by atoms with E-state index in [-0.39, 0.29) is 17.7 Å².